The van der Waals surface area contributed by atoms with Gasteiger partial charge in [0.2, 0.25) is 0 Å². The number of esters is 3. The van der Waals surface area contributed by atoms with E-state index in [4.69, 9.17) is 14.2 Å². The molecule has 0 bridgehead atoms. The lowest BCUT2D eigenvalue weighted by Gasteiger charge is -2.18. The molecule has 0 heterocycles. The molecule has 6 nitrogen and oxygen atoms in total. The first kappa shape index (κ1) is 74.4. The van der Waals surface area contributed by atoms with E-state index in [-0.39, 0.29) is 31.1 Å². The van der Waals surface area contributed by atoms with Crippen molar-refractivity contribution in [2.75, 3.05) is 13.2 Å². The number of carbonyl (C=O) groups excluding carboxylic acids is 3. The van der Waals surface area contributed by atoms with Crippen LogP contribution in [0, 0.1) is 0 Å². The minimum atomic E-state index is -0.779. The first-order valence-electron chi connectivity index (χ1n) is 34.1. The maximum absolute atomic E-state index is 12.9. The zero-order chi connectivity index (χ0) is 55.7. The van der Waals surface area contributed by atoms with Crippen molar-refractivity contribution in [3.63, 3.8) is 0 Å². The van der Waals surface area contributed by atoms with Crippen LogP contribution in [0.15, 0.2) is 48.6 Å². The molecule has 0 rings (SSSR count). The van der Waals surface area contributed by atoms with E-state index in [0.29, 0.717) is 19.3 Å². The summed E-state index contributed by atoms with van der Waals surface area (Å²) in [4.78, 5) is 38.2. The van der Waals surface area contributed by atoms with Gasteiger partial charge in [-0.3, -0.25) is 14.4 Å². The molecule has 1 unspecified atom stereocenters. The van der Waals surface area contributed by atoms with Gasteiger partial charge in [-0.25, -0.2) is 0 Å². The van der Waals surface area contributed by atoms with Crippen LogP contribution in [0.4, 0.5) is 0 Å². The largest absolute Gasteiger partial charge is 0.462 e. The molecule has 0 aliphatic rings. The van der Waals surface area contributed by atoms with Gasteiger partial charge in [0.05, 0.1) is 0 Å². The maximum atomic E-state index is 12.9. The normalized spacial score (nSPS) is 12.3. The Bertz CT molecular complexity index is 1330. The highest BCUT2D eigenvalue weighted by Gasteiger charge is 2.19. The monoisotopic (exact) mass is 1080 g/mol. The van der Waals surface area contributed by atoms with E-state index < -0.39 is 6.10 Å². The second kappa shape index (κ2) is 65.9. The average molecular weight is 1080 g/mol. The minimum Gasteiger partial charge on any atom is -0.462 e. The average Bonchev–Trinajstić information content (AvgIpc) is 3.43. The summed E-state index contributed by atoms with van der Waals surface area (Å²) in [5.74, 6) is -0.873. The van der Waals surface area contributed by atoms with Crippen molar-refractivity contribution in [1.82, 2.24) is 0 Å². The van der Waals surface area contributed by atoms with Gasteiger partial charge in [0.1, 0.15) is 13.2 Å². The van der Waals surface area contributed by atoms with E-state index in [1.165, 1.54) is 231 Å². The van der Waals surface area contributed by atoms with Gasteiger partial charge in [-0.05, 0) is 77.0 Å². The zero-order valence-corrected chi connectivity index (χ0v) is 51.7. The topological polar surface area (TPSA) is 78.9 Å². The molecule has 0 saturated carbocycles. The third-order valence-corrected chi connectivity index (χ3v) is 15.3. The summed E-state index contributed by atoms with van der Waals surface area (Å²) in [6, 6.07) is 0. The van der Waals surface area contributed by atoms with Crippen molar-refractivity contribution in [3.8, 4) is 0 Å². The Morgan fingerprint density at radius 3 is 0.805 bits per heavy atom. The highest BCUT2D eigenvalue weighted by atomic mass is 16.6. The van der Waals surface area contributed by atoms with E-state index in [1.807, 2.05) is 0 Å². The van der Waals surface area contributed by atoms with Gasteiger partial charge >= 0.3 is 17.9 Å². The van der Waals surface area contributed by atoms with Crippen LogP contribution in [0.5, 0.6) is 0 Å². The molecule has 77 heavy (non-hydrogen) atoms. The molecule has 6 heteroatoms. The molecule has 1 atom stereocenters. The van der Waals surface area contributed by atoms with Gasteiger partial charge in [-0.1, -0.05) is 320 Å². The van der Waals surface area contributed by atoms with Crippen LogP contribution >= 0.6 is 0 Å². The number of hydrogen-bond donors (Lipinski definition) is 0. The van der Waals surface area contributed by atoms with Crippen LogP contribution in [0.25, 0.3) is 0 Å². The summed E-state index contributed by atoms with van der Waals surface area (Å²) in [5, 5.41) is 0. The Balaban J connectivity index is 4.05. The fourth-order valence-corrected chi connectivity index (χ4v) is 10.2. The van der Waals surface area contributed by atoms with Gasteiger partial charge in [0, 0.05) is 19.3 Å². The van der Waals surface area contributed by atoms with E-state index in [2.05, 4.69) is 69.4 Å². The summed E-state index contributed by atoms with van der Waals surface area (Å²) >= 11 is 0. The lowest BCUT2D eigenvalue weighted by Crippen LogP contribution is -2.30. The fourth-order valence-electron chi connectivity index (χ4n) is 10.2. The summed E-state index contributed by atoms with van der Waals surface area (Å²) in [5.41, 5.74) is 0. The van der Waals surface area contributed by atoms with Crippen molar-refractivity contribution in [3.05, 3.63) is 48.6 Å². The number of allylic oxidation sites excluding steroid dienone is 8. The third kappa shape index (κ3) is 64.1. The van der Waals surface area contributed by atoms with Crippen LogP contribution in [0.1, 0.15) is 367 Å². The molecule has 0 aromatic rings. The minimum absolute atomic E-state index is 0.0756. The zero-order valence-electron chi connectivity index (χ0n) is 51.7. The van der Waals surface area contributed by atoms with E-state index in [9.17, 15) is 14.4 Å². The Kier molecular flexibility index (Phi) is 63.6. The summed E-state index contributed by atoms with van der Waals surface area (Å²) < 4.78 is 16.9. The van der Waals surface area contributed by atoms with Crippen LogP contribution in [-0.4, -0.2) is 37.2 Å². The van der Waals surface area contributed by atoms with Crippen molar-refractivity contribution >= 4 is 17.9 Å². The Hall–Kier alpha value is -2.63. The predicted octanol–water partition coefficient (Wildman–Crippen LogP) is 23.3. The smallest absolute Gasteiger partial charge is 0.306 e. The van der Waals surface area contributed by atoms with E-state index >= 15 is 0 Å². The molecule has 0 aliphatic heterocycles. The van der Waals surface area contributed by atoms with Crippen LogP contribution in [-0.2, 0) is 28.6 Å². The highest BCUT2D eigenvalue weighted by Crippen LogP contribution is 2.18. The van der Waals surface area contributed by atoms with Gasteiger partial charge in [-0.2, -0.15) is 0 Å². The number of rotatable bonds is 63. The first-order chi connectivity index (χ1) is 38.0. The molecule has 0 saturated heterocycles. The highest BCUT2D eigenvalue weighted by molar-refractivity contribution is 5.71. The fraction of sp³-hybridized carbons (Fsp3) is 0.845. The molecule has 0 N–H and O–H groups in total. The molecule has 0 aliphatic carbocycles. The number of ether oxygens (including phenoxy) is 3. The Morgan fingerprint density at radius 2 is 0.506 bits per heavy atom. The lowest BCUT2D eigenvalue weighted by atomic mass is 10.0. The van der Waals surface area contributed by atoms with Crippen LogP contribution in [0.2, 0.25) is 0 Å². The summed E-state index contributed by atoms with van der Waals surface area (Å²) in [7, 11) is 0. The molecule has 0 spiro atoms. The number of hydrogen-bond acceptors (Lipinski definition) is 6. The molecule has 0 aromatic carbocycles. The van der Waals surface area contributed by atoms with Gasteiger partial charge < -0.3 is 14.2 Å². The quantitative estimate of drug-likeness (QED) is 0.0261. The van der Waals surface area contributed by atoms with Crippen molar-refractivity contribution in [2.45, 2.75) is 374 Å². The summed E-state index contributed by atoms with van der Waals surface area (Å²) in [6.07, 6.45) is 83.0. The van der Waals surface area contributed by atoms with Gasteiger partial charge in [0.15, 0.2) is 6.10 Å². The van der Waals surface area contributed by atoms with Crippen molar-refractivity contribution < 1.29 is 28.6 Å². The van der Waals surface area contributed by atoms with Crippen LogP contribution in [0.3, 0.4) is 0 Å². The molecular weight excluding hydrogens is 949 g/mol. The van der Waals surface area contributed by atoms with Crippen LogP contribution < -0.4 is 0 Å². The van der Waals surface area contributed by atoms with Gasteiger partial charge in [0.25, 0.3) is 0 Å². The van der Waals surface area contributed by atoms with E-state index in [0.717, 1.165) is 96.3 Å². The molecule has 0 aromatic heterocycles. The van der Waals surface area contributed by atoms with Crippen molar-refractivity contribution in [1.29, 1.82) is 0 Å². The molecule has 0 fully saturated rings. The second-order valence-corrected chi connectivity index (χ2v) is 23.1. The SMILES string of the molecule is CC/C=C\C/C=C\C/C=C\CCCCCCCC(=O)OC(COC(=O)CCCCCCCCCCCCC)COC(=O)CCCCCCCCCCCCCCCCCCCCCCC/C=C\CCCCCCCCCC. The van der Waals surface area contributed by atoms with Crippen molar-refractivity contribution in [2.24, 2.45) is 0 Å². The van der Waals surface area contributed by atoms with E-state index in [1.54, 1.807) is 0 Å². The predicted molar refractivity (Wildman–Crippen MR) is 335 cm³/mol. The van der Waals surface area contributed by atoms with Gasteiger partial charge in [-0.15, -0.1) is 0 Å². The number of carbonyl (C=O) groups is 3. The standard InChI is InChI=1S/C71H130O6/c1-4-7-10-13-16-19-22-24-26-27-28-29-30-31-32-33-34-35-36-37-38-39-40-41-42-43-45-46-49-52-55-58-61-64-70(73)76-67-68(66-75-69(72)63-60-57-54-51-48-21-18-15-12-9-6-3)77-71(74)65-62-59-56-53-50-47-44-25-23-20-17-14-11-8-5-2/h8,11,17,20,25,27-28,44,68H,4-7,9-10,12-16,18-19,21-24,26,29-43,45-67H2,1-3H3/b11-8-,20-17-,28-27-,44-25-. The first-order valence-corrected chi connectivity index (χ1v) is 34.1. The Labute approximate surface area is 479 Å². The second-order valence-electron chi connectivity index (χ2n) is 23.1. The lowest BCUT2D eigenvalue weighted by molar-refractivity contribution is -0.167. The Morgan fingerprint density at radius 1 is 0.273 bits per heavy atom. The number of unbranched alkanes of at least 4 members (excludes halogenated alkanes) is 44. The molecule has 0 radical (unpaired) electrons. The molecule has 0 amide bonds. The molecular formula is C71H130O6. The molecule has 450 valence electrons. The summed E-state index contributed by atoms with van der Waals surface area (Å²) in [6.45, 7) is 6.56. The maximum Gasteiger partial charge on any atom is 0.306 e. The third-order valence-electron chi connectivity index (χ3n) is 15.3.